The van der Waals surface area contributed by atoms with E-state index in [9.17, 15) is 4.79 Å². The van der Waals surface area contributed by atoms with Gasteiger partial charge in [0.2, 0.25) is 0 Å². The third-order valence-electron chi connectivity index (χ3n) is 10.6. The highest BCUT2D eigenvalue weighted by Gasteiger charge is 2.48. The maximum absolute atomic E-state index is 12.8. The van der Waals surface area contributed by atoms with Gasteiger partial charge in [-0.05, 0) is 51.2 Å². The molecule has 0 spiro atoms. The Kier molecular flexibility index (Phi) is 17.9. The van der Waals surface area contributed by atoms with Crippen molar-refractivity contribution in [2.75, 3.05) is 0 Å². The summed E-state index contributed by atoms with van der Waals surface area (Å²) in [5.74, 6) is -0.00589. The summed E-state index contributed by atoms with van der Waals surface area (Å²) in [6, 6.07) is 10.4. The van der Waals surface area contributed by atoms with Crippen molar-refractivity contribution in [3.8, 4) is 0 Å². The van der Waals surface area contributed by atoms with E-state index in [2.05, 4.69) is 31.2 Å². The number of unbranched alkanes of at least 4 members (excludes halogenated alkanes) is 18. The minimum atomic E-state index is -0.396. The number of rotatable bonds is 29. The van der Waals surface area contributed by atoms with Crippen molar-refractivity contribution in [3.05, 3.63) is 30.3 Å². The minimum absolute atomic E-state index is 0.00589. The van der Waals surface area contributed by atoms with Gasteiger partial charge in [-0.25, -0.2) is 0 Å². The van der Waals surface area contributed by atoms with Gasteiger partial charge in [0.1, 0.15) is 10.9 Å². The zero-order valence-electron chi connectivity index (χ0n) is 29.7. The van der Waals surface area contributed by atoms with E-state index >= 15 is 0 Å². The lowest BCUT2D eigenvalue weighted by molar-refractivity contribution is -0.142. The Bertz CT molecular complexity index is 940. The van der Waals surface area contributed by atoms with Crippen LogP contribution in [0.4, 0.5) is 0 Å². The summed E-state index contributed by atoms with van der Waals surface area (Å²) in [5.41, 5.74) is 0. The van der Waals surface area contributed by atoms with Gasteiger partial charge in [0, 0.05) is 11.3 Å². The van der Waals surface area contributed by atoms with Crippen molar-refractivity contribution in [3.63, 3.8) is 0 Å². The molecule has 0 amide bonds. The van der Waals surface area contributed by atoms with Crippen LogP contribution in [0.15, 0.2) is 35.2 Å². The standard InChI is InChI=1S/C41H68O4S/c1-3-4-5-6-7-8-11-14-17-23-28-36-38(44-36)30-31-39-37(45-39)29-24-18-15-12-9-10-13-16-19-25-32-41(33-34(2)43-40(41)42)46-35-26-21-20-22-27-35/h20-22,26-27,34,36-39H,3-19,23-25,28-33H2,1-2H3/t34-,36+,37-,38-,39+,41?/m0/s1. The van der Waals surface area contributed by atoms with Crippen molar-refractivity contribution in [2.24, 2.45) is 0 Å². The molecule has 3 saturated heterocycles. The molecular weight excluding hydrogens is 589 g/mol. The third kappa shape index (κ3) is 14.6. The van der Waals surface area contributed by atoms with Gasteiger partial charge in [-0.2, -0.15) is 0 Å². The van der Waals surface area contributed by atoms with E-state index in [1.165, 1.54) is 153 Å². The molecule has 3 heterocycles. The molecule has 4 nitrogen and oxygen atoms in total. The summed E-state index contributed by atoms with van der Waals surface area (Å²) in [7, 11) is 0. The van der Waals surface area contributed by atoms with E-state index in [0.717, 1.165) is 19.3 Å². The van der Waals surface area contributed by atoms with Crippen LogP contribution in [-0.4, -0.2) is 41.2 Å². The molecule has 0 radical (unpaired) electrons. The van der Waals surface area contributed by atoms with Crippen molar-refractivity contribution in [1.29, 1.82) is 0 Å². The fourth-order valence-corrected chi connectivity index (χ4v) is 9.08. The van der Waals surface area contributed by atoms with E-state index in [4.69, 9.17) is 14.2 Å². The first-order valence-corrected chi connectivity index (χ1v) is 20.7. The Hall–Kier alpha value is -1.04. The second-order valence-corrected chi connectivity index (χ2v) is 16.3. The van der Waals surface area contributed by atoms with Gasteiger partial charge in [0.05, 0.1) is 24.4 Å². The molecule has 1 aromatic carbocycles. The summed E-state index contributed by atoms with van der Waals surface area (Å²) in [5, 5.41) is 0. The maximum Gasteiger partial charge on any atom is 0.322 e. The first-order valence-electron chi connectivity index (χ1n) is 19.9. The lowest BCUT2D eigenvalue weighted by Gasteiger charge is -2.24. The molecule has 3 aliphatic rings. The fraction of sp³-hybridized carbons (Fsp3) is 0.829. The molecule has 46 heavy (non-hydrogen) atoms. The average molecular weight is 657 g/mol. The van der Waals surface area contributed by atoms with Crippen LogP contribution >= 0.6 is 11.8 Å². The number of thioether (sulfide) groups is 1. The number of epoxide rings is 2. The van der Waals surface area contributed by atoms with Crippen LogP contribution < -0.4 is 0 Å². The molecule has 0 saturated carbocycles. The molecule has 0 aromatic heterocycles. The first kappa shape index (κ1) is 37.8. The van der Waals surface area contributed by atoms with Crippen molar-refractivity contribution in [2.45, 2.75) is 221 Å². The number of carbonyl (C=O) groups excluding carboxylic acids is 1. The Labute approximate surface area is 287 Å². The quantitative estimate of drug-likeness (QED) is 0.0488. The number of carbonyl (C=O) groups is 1. The molecular formula is C41H68O4S. The Balaban J connectivity index is 0.882. The highest BCUT2D eigenvalue weighted by Crippen LogP contribution is 2.46. The normalized spacial score (nSPS) is 26.8. The second-order valence-electron chi connectivity index (χ2n) is 14.9. The summed E-state index contributed by atoms with van der Waals surface area (Å²) >= 11 is 1.72. The second kappa shape index (κ2) is 21.8. The predicted molar refractivity (Wildman–Crippen MR) is 194 cm³/mol. The monoisotopic (exact) mass is 656 g/mol. The van der Waals surface area contributed by atoms with E-state index in [0.29, 0.717) is 24.4 Å². The smallest absolute Gasteiger partial charge is 0.322 e. The summed E-state index contributed by atoms with van der Waals surface area (Å²) in [4.78, 5) is 13.9. The zero-order valence-corrected chi connectivity index (χ0v) is 30.5. The first-order chi connectivity index (χ1) is 22.6. The molecule has 3 aliphatic heterocycles. The summed E-state index contributed by atoms with van der Waals surface area (Å²) in [6.07, 6.45) is 36.1. The highest BCUT2D eigenvalue weighted by atomic mass is 32.2. The summed E-state index contributed by atoms with van der Waals surface area (Å²) < 4.78 is 17.2. The average Bonchev–Trinajstić information content (AvgIpc) is 3.96. The number of esters is 1. The maximum atomic E-state index is 12.8. The van der Waals surface area contributed by atoms with Crippen LogP contribution in [0.3, 0.4) is 0 Å². The zero-order chi connectivity index (χ0) is 32.3. The molecule has 5 heteroatoms. The lowest BCUT2D eigenvalue weighted by Crippen LogP contribution is -2.30. The SMILES string of the molecule is CCCCCCCCCCCC[C@H]1O[C@H]1CC[C@H]1O[C@H]1CCCCCCCCCCCCC1(Sc2ccccc2)C[C@H](C)OC1=O. The number of benzene rings is 1. The van der Waals surface area contributed by atoms with E-state index in [1.807, 2.05) is 13.0 Å². The lowest BCUT2D eigenvalue weighted by atomic mass is 9.96. The molecule has 1 unspecified atom stereocenters. The van der Waals surface area contributed by atoms with Crippen LogP contribution in [0.2, 0.25) is 0 Å². The number of hydrogen-bond donors (Lipinski definition) is 0. The molecule has 4 rings (SSSR count). The fourth-order valence-electron chi connectivity index (χ4n) is 7.64. The van der Waals surface area contributed by atoms with Crippen LogP contribution in [0.25, 0.3) is 0 Å². The molecule has 0 bridgehead atoms. The Morgan fingerprint density at radius 1 is 0.609 bits per heavy atom. The van der Waals surface area contributed by atoms with Crippen molar-refractivity contribution < 1.29 is 19.0 Å². The van der Waals surface area contributed by atoms with Gasteiger partial charge in [-0.1, -0.05) is 154 Å². The molecule has 3 fully saturated rings. The van der Waals surface area contributed by atoms with Gasteiger partial charge < -0.3 is 14.2 Å². The number of ether oxygens (including phenoxy) is 3. The van der Waals surface area contributed by atoms with E-state index in [-0.39, 0.29) is 12.1 Å². The number of cyclic esters (lactones) is 1. The van der Waals surface area contributed by atoms with E-state index < -0.39 is 4.75 Å². The van der Waals surface area contributed by atoms with Gasteiger partial charge in [0.15, 0.2) is 0 Å². The van der Waals surface area contributed by atoms with Crippen molar-refractivity contribution >= 4 is 17.7 Å². The predicted octanol–water partition coefficient (Wildman–Crippen LogP) is 12.2. The topological polar surface area (TPSA) is 51.4 Å². The van der Waals surface area contributed by atoms with Crippen molar-refractivity contribution in [1.82, 2.24) is 0 Å². The van der Waals surface area contributed by atoms with Crippen LogP contribution in [-0.2, 0) is 19.0 Å². The molecule has 1 aromatic rings. The molecule has 262 valence electrons. The third-order valence-corrected chi connectivity index (χ3v) is 12.1. The largest absolute Gasteiger partial charge is 0.462 e. The van der Waals surface area contributed by atoms with Crippen LogP contribution in [0.1, 0.15) is 181 Å². The van der Waals surface area contributed by atoms with Crippen LogP contribution in [0, 0.1) is 0 Å². The van der Waals surface area contributed by atoms with Gasteiger partial charge in [-0.3, -0.25) is 4.79 Å². The Morgan fingerprint density at radius 2 is 1.04 bits per heavy atom. The summed E-state index contributed by atoms with van der Waals surface area (Å²) in [6.45, 7) is 4.32. The van der Waals surface area contributed by atoms with Crippen LogP contribution in [0.5, 0.6) is 0 Å². The molecule has 0 aliphatic carbocycles. The van der Waals surface area contributed by atoms with Gasteiger partial charge in [-0.15, -0.1) is 11.8 Å². The van der Waals surface area contributed by atoms with Gasteiger partial charge >= 0.3 is 5.97 Å². The minimum Gasteiger partial charge on any atom is -0.462 e. The Morgan fingerprint density at radius 3 is 1.50 bits per heavy atom. The number of hydrogen-bond acceptors (Lipinski definition) is 5. The molecule has 0 N–H and O–H groups in total. The molecule has 6 atom stereocenters. The highest BCUT2D eigenvalue weighted by molar-refractivity contribution is 8.01. The van der Waals surface area contributed by atoms with E-state index in [1.54, 1.807) is 11.8 Å². The van der Waals surface area contributed by atoms with Gasteiger partial charge in [0.25, 0.3) is 0 Å².